The summed E-state index contributed by atoms with van der Waals surface area (Å²) in [5.41, 5.74) is 15.7. The van der Waals surface area contributed by atoms with Crippen LogP contribution in [-0.2, 0) is 46.7 Å². The number of hydrogen-bond donors (Lipinski definition) is 3. The number of nitrogens with one attached hydrogen (secondary N) is 2. The molecule has 13 rings (SSSR count). The molecule has 0 spiro atoms. The molecule has 0 radical (unpaired) electrons. The molecule has 0 bridgehead atoms. The first kappa shape index (κ1) is 80.9. The van der Waals surface area contributed by atoms with Crippen LogP contribution in [0.3, 0.4) is 0 Å². The van der Waals surface area contributed by atoms with E-state index in [0.29, 0.717) is 50.2 Å². The third-order valence-corrected chi connectivity index (χ3v) is 24.6. The first-order chi connectivity index (χ1) is 52.9. The Balaban J connectivity index is 0.000000216. The van der Waals surface area contributed by atoms with Gasteiger partial charge in [-0.1, -0.05) is 204 Å². The molecule has 4 heterocycles. The van der Waals surface area contributed by atoms with Crippen LogP contribution < -0.4 is 20.4 Å². The van der Waals surface area contributed by atoms with Gasteiger partial charge in [0.05, 0.1) is 26.7 Å². The second-order valence-corrected chi connectivity index (χ2v) is 35.7. The summed E-state index contributed by atoms with van der Waals surface area (Å²) in [5.74, 6) is -1.12. The van der Waals surface area contributed by atoms with Crippen molar-refractivity contribution < 1.29 is 44.7 Å². The van der Waals surface area contributed by atoms with Crippen LogP contribution >= 0.6 is 15.9 Å². The molecule has 0 aromatic heterocycles. The molecule has 9 aromatic rings. The Morgan fingerprint density at radius 2 is 0.928 bits per heavy atom. The molecule has 0 fully saturated rings. The van der Waals surface area contributed by atoms with Crippen LogP contribution in [0.25, 0.3) is 48.7 Å². The number of halogens is 1. The van der Waals surface area contributed by atoms with Crippen LogP contribution in [0.2, 0.25) is 0 Å². The third kappa shape index (κ3) is 17.1. The molecular formula is C94H104BrN6O8S2+. The highest BCUT2D eigenvalue weighted by Gasteiger charge is 2.48. The Kier molecular flexibility index (Phi) is 24.3. The van der Waals surface area contributed by atoms with E-state index in [1.165, 1.54) is 71.8 Å². The first-order valence-electron chi connectivity index (χ1n) is 38.9. The van der Waals surface area contributed by atoms with Gasteiger partial charge in [-0.15, -0.1) is 0 Å². The highest BCUT2D eigenvalue weighted by molar-refractivity contribution is 9.11. The maximum atomic E-state index is 13.3. The van der Waals surface area contributed by atoms with E-state index in [1.807, 2.05) is 36.4 Å². The Hall–Kier alpha value is -9.62. The standard InChI is InChI=1S/C54H60N4O5S.C40H43BrN2O3S/c1-8-9-34-57-45-28-24-40-16-10-12-18-43(40)49(45)53(4,5)47(57)30-26-39(38-20-22-42(23-21-38)52(60)56-33-14-32-55-51(59)37(2)3)27-31-48-54(6,7)50-44-19-13-11-17-41(44)25-29-46(50)58(48)35-15-36-64(61,62)63;1-6-7-25-42-33-21-17-28-13-8-10-15-31(28)37(33)39(2,3)35(42)23-19-30(41)20-24-36-40(4,5)38-32-16-11-9-14-29(32)18-22-34(38)43(36)26-12-27-47(44,45)46/h10-13,16-31H,2,8-9,14-15,32-36H2,1,3-7H3,(H2-,55,56,59,60,61,62,63);8-11,13-24H,6-7,12,25-27H2,1-5H3/p+1. The minimum atomic E-state index is -4.40. The monoisotopic (exact) mass is 1590 g/mol. The molecule has 9 aromatic carbocycles. The van der Waals surface area contributed by atoms with E-state index in [2.05, 4.69) is 303 Å². The van der Waals surface area contributed by atoms with E-state index in [4.69, 9.17) is 0 Å². The Morgan fingerprint density at radius 1 is 0.505 bits per heavy atom. The van der Waals surface area contributed by atoms with E-state index in [-0.39, 0.29) is 40.2 Å². The molecule has 0 atom stereocenters. The van der Waals surface area contributed by atoms with Gasteiger partial charge in [-0.2, -0.15) is 17.6 Å². The summed E-state index contributed by atoms with van der Waals surface area (Å²) in [6.45, 7) is 31.4. The molecule has 576 valence electrons. The van der Waals surface area contributed by atoms with Gasteiger partial charge in [0.25, 0.3) is 16.0 Å². The first-order valence-corrected chi connectivity index (χ1v) is 42.9. The van der Waals surface area contributed by atoms with E-state index < -0.39 is 31.4 Å². The predicted octanol–water partition coefficient (Wildman–Crippen LogP) is 20.2. The van der Waals surface area contributed by atoms with Gasteiger partial charge in [0.1, 0.15) is 13.1 Å². The van der Waals surface area contributed by atoms with Crippen molar-refractivity contribution in [3.05, 3.63) is 280 Å². The smallest absolute Gasteiger partial charge is 0.265 e. The maximum absolute atomic E-state index is 13.3. The molecule has 2 amide bonds. The van der Waals surface area contributed by atoms with E-state index >= 15 is 0 Å². The van der Waals surface area contributed by atoms with Crippen molar-refractivity contribution >= 4 is 131 Å². The topological polar surface area (TPSA) is 182 Å². The number of unbranched alkanes of at least 4 members (excludes halogenated alkanes) is 2. The number of allylic oxidation sites excluding steroid dienone is 12. The average Bonchev–Trinajstić information content (AvgIpc) is 1.60. The zero-order valence-corrected chi connectivity index (χ0v) is 69.1. The SMILES string of the molecule is C=C(C)C(=O)NCCCNC(=O)c1ccc(C(=C\C=C2/N(CCCS(=O)(=O)[O-])c3ccc4ccccc4c3C2(C)C)/C=C/C2=[N+](CCCC)c3ccc4ccccc4c3C2(C)C)cc1.CCCCN1C(=CC=C(Br)C=CC2=[N+](CCCS(=O)(=O)O)c3ccc4ccccc4c3C2(C)C)C(C)(C)c2c1ccc1ccccc21. The summed E-state index contributed by atoms with van der Waals surface area (Å²) >= 11 is 3.86. The van der Waals surface area contributed by atoms with Gasteiger partial charge < -0.3 is 25.0 Å². The van der Waals surface area contributed by atoms with Crippen LogP contribution in [0.1, 0.15) is 159 Å². The normalized spacial score (nSPS) is 17.1. The van der Waals surface area contributed by atoms with Crippen LogP contribution in [-0.4, -0.2) is 109 Å². The molecule has 17 heteroatoms. The highest BCUT2D eigenvalue weighted by Crippen LogP contribution is 2.53. The fourth-order valence-electron chi connectivity index (χ4n) is 17.1. The van der Waals surface area contributed by atoms with Crippen molar-refractivity contribution in [2.45, 2.75) is 143 Å². The number of hydrogen-bond acceptors (Lipinski definition) is 9. The van der Waals surface area contributed by atoms with Crippen molar-refractivity contribution in [3.63, 3.8) is 0 Å². The van der Waals surface area contributed by atoms with Gasteiger partial charge in [-0.3, -0.25) is 14.1 Å². The summed E-state index contributed by atoms with van der Waals surface area (Å²) < 4.78 is 73.6. The minimum Gasteiger partial charge on any atom is -0.748 e. The number of amides is 2. The molecule has 14 nitrogen and oxygen atoms in total. The number of benzene rings is 9. The Labute approximate surface area is 664 Å². The largest absolute Gasteiger partial charge is 0.748 e. The maximum Gasteiger partial charge on any atom is 0.265 e. The number of carbonyl (C=O) groups is 2. The van der Waals surface area contributed by atoms with Gasteiger partial charge in [-0.25, -0.2) is 8.42 Å². The molecule has 3 N–H and O–H groups in total. The number of carbonyl (C=O) groups excluding carboxylic acids is 2. The quantitative estimate of drug-likeness (QED) is 0.0147. The average molecular weight is 1590 g/mol. The fraction of sp³-hybridized carbons (Fsp3) is 0.319. The lowest BCUT2D eigenvalue weighted by molar-refractivity contribution is -0.438. The van der Waals surface area contributed by atoms with Crippen LogP contribution in [0, 0.1) is 0 Å². The van der Waals surface area contributed by atoms with Crippen molar-refractivity contribution in [1.29, 1.82) is 0 Å². The summed E-state index contributed by atoms with van der Waals surface area (Å²) in [7, 11) is -8.45. The third-order valence-electron chi connectivity index (χ3n) is 22.5. The summed E-state index contributed by atoms with van der Waals surface area (Å²) in [5, 5.41) is 15.4. The second-order valence-electron chi connectivity index (χ2n) is 31.7. The van der Waals surface area contributed by atoms with Crippen molar-refractivity contribution in [2.75, 3.05) is 60.6 Å². The number of fused-ring (bicyclic) bond motifs is 12. The second kappa shape index (κ2) is 33.4. The van der Waals surface area contributed by atoms with Gasteiger partial charge in [0.15, 0.2) is 11.4 Å². The van der Waals surface area contributed by atoms with E-state index in [1.54, 1.807) is 6.92 Å². The van der Waals surface area contributed by atoms with Crippen molar-refractivity contribution in [3.8, 4) is 0 Å². The summed E-state index contributed by atoms with van der Waals surface area (Å²) in [6, 6.07) is 59.1. The highest BCUT2D eigenvalue weighted by atomic mass is 79.9. The minimum absolute atomic E-state index is 0.174. The zero-order chi connectivity index (χ0) is 79.4. The Bertz CT molecular complexity index is 5660. The van der Waals surface area contributed by atoms with Gasteiger partial charge in [0, 0.05) is 129 Å². The molecule has 0 saturated heterocycles. The van der Waals surface area contributed by atoms with Gasteiger partial charge in [0.2, 0.25) is 17.3 Å². The molecular weight excluding hydrogens is 1490 g/mol. The van der Waals surface area contributed by atoms with Crippen molar-refractivity contribution in [1.82, 2.24) is 10.6 Å². The number of anilines is 2. The molecule has 4 aliphatic rings. The fourth-order valence-corrected chi connectivity index (χ4v) is 18.3. The lowest BCUT2D eigenvalue weighted by Gasteiger charge is -2.27. The van der Waals surface area contributed by atoms with Crippen molar-refractivity contribution in [2.24, 2.45) is 0 Å². The van der Waals surface area contributed by atoms with E-state index in [0.717, 1.165) is 93.5 Å². The van der Waals surface area contributed by atoms with Crippen LogP contribution in [0.15, 0.2) is 246 Å². The predicted molar refractivity (Wildman–Crippen MR) is 463 cm³/mol. The van der Waals surface area contributed by atoms with Crippen LogP contribution in [0.4, 0.5) is 22.7 Å². The molecule has 0 saturated carbocycles. The Morgan fingerprint density at radius 3 is 1.40 bits per heavy atom. The lowest BCUT2D eigenvalue weighted by Crippen LogP contribution is -2.30. The van der Waals surface area contributed by atoms with Crippen LogP contribution in [0.5, 0.6) is 0 Å². The number of nitrogens with zero attached hydrogens (tertiary/aromatic N) is 4. The number of rotatable bonds is 27. The molecule has 4 aliphatic heterocycles. The zero-order valence-electron chi connectivity index (χ0n) is 65.9. The molecule has 0 unspecified atom stereocenters. The van der Waals surface area contributed by atoms with E-state index in [9.17, 15) is 35.5 Å². The molecule has 111 heavy (non-hydrogen) atoms. The summed E-state index contributed by atoms with van der Waals surface area (Å²) in [6.07, 6.45) is 22.8. The summed E-state index contributed by atoms with van der Waals surface area (Å²) in [4.78, 5) is 29.8. The van der Waals surface area contributed by atoms with Gasteiger partial charge >= 0.3 is 0 Å². The lowest BCUT2D eigenvalue weighted by atomic mass is 9.79. The molecule has 0 aliphatic carbocycles. The van der Waals surface area contributed by atoms with Gasteiger partial charge in [-0.05, 0) is 186 Å².